The molecule has 3 rings (SSSR count). The van der Waals surface area contributed by atoms with Crippen LogP contribution in [0, 0.1) is 6.92 Å². The van der Waals surface area contributed by atoms with Crippen LogP contribution >= 0.6 is 34.9 Å². The molecular weight excluding hydrogens is 376 g/mol. The third-order valence-electron chi connectivity index (χ3n) is 3.51. The van der Waals surface area contributed by atoms with Gasteiger partial charge in [0.15, 0.2) is 14.5 Å². The van der Waals surface area contributed by atoms with Gasteiger partial charge in [0, 0.05) is 22.2 Å². The Morgan fingerprint density at radius 3 is 2.76 bits per heavy atom. The number of hydrogen-bond donors (Lipinski definition) is 2. The molecule has 1 atom stereocenters. The second kappa shape index (κ2) is 7.59. The second-order valence-electron chi connectivity index (χ2n) is 5.38. The third kappa shape index (κ3) is 4.05. The molecule has 0 saturated heterocycles. The molecule has 0 aliphatic rings. The number of H-pyrrole nitrogens is 1. The number of aromatic amines is 1. The number of nitrogens with zero attached hydrogens (tertiary/aromatic N) is 2. The Kier molecular flexibility index (Phi) is 5.45. The van der Waals surface area contributed by atoms with Crippen molar-refractivity contribution in [1.82, 2.24) is 15.2 Å². The Balaban J connectivity index is 1.74. The predicted molar refractivity (Wildman–Crippen MR) is 103 cm³/mol. The van der Waals surface area contributed by atoms with Crippen molar-refractivity contribution in [2.45, 2.75) is 27.8 Å². The monoisotopic (exact) mass is 392 g/mol. The summed E-state index contributed by atoms with van der Waals surface area (Å²) in [7, 11) is 0. The number of hydrogen-bond acceptors (Lipinski definition) is 7. The van der Waals surface area contributed by atoms with Gasteiger partial charge in [-0.2, -0.15) is 0 Å². The number of nitrogens with two attached hydrogens (primary N) is 1. The van der Waals surface area contributed by atoms with E-state index in [1.807, 2.05) is 38.1 Å². The van der Waals surface area contributed by atoms with Gasteiger partial charge in [-0.3, -0.25) is 9.59 Å². The number of fused-ring (bicyclic) bond motifs is 1. The van der Waals surface area contributed by atoms with Gasteiger partial charge >= 0.3 is 0 Å². The number of aromatic nitrogens is 3. The van der Waals surface area contributed by atoms with Gasteiger partial charge in [-0.15, -0.1) is 10.2 Å². The van der Waals surface area contributed by atoms with Crippen LogP contribution in [0.25, 0.3) is 10.9 Å². The van der Waals surface area contributed by atoms with Crippen LogP contribution in [0.1, 0.15) is 23.0 Å². The maximum atomic E-state index is 12.9. The fourth-order valence-corrected chi connectivity index (χ4v) is 5.40. The normalized spacial score (nSPS) is 12.4. The quantitative estimate of drug-likeness (QED) is 0.473. The zero-order chi connectivity index (χ0) is 18.0. The molecule has 0 bridgehead atoms. The number of amides is 1. The van der Waals surface area contributed by atoms with Gasteiger partial charge in [-0.25, -0.2) is 0 Å². The molecule has 6 nitrogen and oxygen atoms in total. The van der Waals surface area contributed by atoms with Crippen molar-refractivity contribution in [3.8, 4) is 0 Å². The summed E-state index contributed by atoms with van der Waals surface area (Å²) < 4.78 is 1.37. The van der Waals surface area contributed by atoms with Crippen LogP contribution in [0.15, 0.2) is 32.9 Å². The van der Waals surface area contributed by atoms with E-state index in [9.17, 15) is 9.59 Å². The number of Topliss-reactive ketones (excluding diaryl/α,β-unsaturated/α-hetero) is 1. The fourth-order valence-electron chi connectivity index (χ4n) is 2.44. The van der Waals surface area contributed by atoms with E-state index < -0.39 is 5.91 Å². The van der Waals surface area contributed by atoms with Crippen molar-refractivity contribution in [2.75, 3.05) is 5.75 Å². The minimum atomic E-state index is -0.396. The Morgan fingerprint density at radius 1 is 1.28 bits per heavy atom. The highest BCUT2D eigenvalue weighted by atomic mass is 32.2. The topological polar surface area (TPSA) is 102 Å². The summed E-state index contributed by atoms with van der Waals surface area (Å²) in [6.07, 6.45) is 0. The van der Waals surface area contributed by atoms with E-state index in [1.54, 1.807) is 0 Å². The number of carbonyl (C=O) groups is 2. The molecule has 0 aliphatic carbocycles. The van der Waals surface area contributed by atoms with Gasteiger partial charge in [-0.1, -0.05) is 53.1 Å². The number of nitrogens with one attached hydrogen (secondary N) is 1. The van der Waals surface area contributed by atoms with Crippen LogP contribution in [0.3, 0.4) is 0 Å². The van der Waals surface area contributed by atoms with Crippen LogP contribution in [-0.2, 0) is 4.79 Å². The number of benzene rings is 1. The lowest BCUT2D eigenvalue weighted by Gasteiger charge is -2.08. The molecule has 0 aliphatic heterocycles. The number of primary amides is 1. The van der Waals surface area contributed by atoms with E-state index >= 15 is 0 Å². The standard InChI is InChI=1S/C16H16N4O2S3/c1-8-13(10-5-3-4-6-11(10)18-8)14(22)9(2)24-16-20-19-15(25-16)23-7-12(17)21/h3-6,9,18H,7H2,1-2H3,(H2,17,21). The molecule has 1 amide bonds. The molecule has 0 saturated carbocycles. The summed E-state index contributed by atoms with van der Waals surface area (Å²) in [5.41, 5.74) is 7.68. The first-order chi connectivity index (χ1) is 12.0. The zero-order valence-corrected chi connectivity index (χ0v) is 16.1. The largest absolute Gasteiger partial charge is 0.369 e. The summed E-state index contributed by atoms with van der Waals surface area (Å²) in [5, 5.41) is 8.74. The maximum Gasteiger partial charge on any atom is 0.227 e. The van der Waals surface area contributed by atoms with Crippen molar-refractivity contribution in [3.05, 3.63) is 35.5 Å². The van der Waals surface area contributed by atoms with Crippen molar-refractivity contribution >= 4 is 57.5 Å². The molecule has 130 valence electrons. The summed E-state index contributed by atoms with van der Waals surface area (Å²) in [6.45, 7) is 3.78. The van der Waals surface area contributed by atoms with Gasteiger partial charge in [0.05, 0.1) is 11.0 Å². The van der Waals surface area contributed by atoms with Crippen molar-refractivity contribution < 1.29 is 9.59 Å². The summed E-state index contributed by atoms with van der Waals surface area (Å²) in [5.74, 6) is -0.170. The average Bonchev–Trinajstić information content (AvgIpc) is 3.15. The maximum absolute atomic E-state index is 12.9. The van der Waals surface area contributed by atoms with E-state index in [2.05, 4.69) is 15.2 Å². The minimum absolute atomic E-state index is 0.0569. The molecule has 0 fully saturated rings. The molecule has 25 heavy (non-hydrogen) atoms. The van der Waals surface area contributed by atoms with E-state index in [-0.39, 0.29) is 16.8 Å². The van der Waals surface area contributed by atoms with Crippen LogP contribution in [0.2, 0.25) is 0 Å². The van der Waals surface area contributed by atoms with Crippen LogP contribution in [-0.4, -0.2) is 37.9 Å². The first kappa shape index (κ1) is 18.0. The number of para-hydroxylation sites is 1. The molecule has 3 aromatic rings. The smallest absolute Gasteiger partial charge is 0.227 e. The van der Waals surface area contributed by atoms with E-state index in [0.717, 1.165) is 22.2 Å². The Morgan fingerprint density at radius 2 is 2.00 bits per heavy atom. The van der Waals surface area contributed by atoms with Crippen molar-refractivity contribution in [1.29, 1.82) is 0 Å². The molecule has 1 unspecified atom stereocenters. The second-order valence-corrected chi connectivity index (χ2v) is 9.17. The lowest BCUT2D eigenvalue weighted by Crippen LogP contribution is -2.14. The Bertz CT molecular complexity index is 935. The van der Waals surface area contributed by atoms with Crippen LogP contribution < -0.4 is 5.73 Å². The molecule has 9 heteroatoms. The Labute approximate surface area is 157 Å². The van der Waals surface area contributed by atoms with Crippen molar-refractivity contribution in [2.24, 2.45) is 5.73 Å². The van der Waals surface area contributed by atoms with Crippen molar-refractivity contribution in [3.63, 3.8) is 0 Å². The summed E-state index contributed by atoms with van der Waals surface area (Å²) >= 11 is 3.99. The Hall–Kier alpha value is -1.84. The number of ketones is 1. The molecule has 2 heterocycles. The highest BCUT2D eigenvalue weighted by Gasteiger charge is 2.23. The molecule has 2 aromatic heterocycles. The highest BCUT2D eigenvalue weighted by molar-refractivity contribution is 8.04. The van der Waals surface area contributed by atoms with Gasteiger partial charge in [0.1, 0.15) is 0 Å². The molecular formula is C16H16N4O2S3. The number of carbonyl (C=O) groups excluding carboxylic acids is 2. The van der Waals surface area contributed by atoms with E-state index in [1.165, 1.54) is 34.9 Å². The lowest BCUT2D eigenvalue weighted by molar-refractivity contribution is -0.115. The fraction of sp³-hybridized carbons (Fsp3) is 0.250. The zero-order valence-electron chi connectivity index (χ0n) is 13.6. The lowest BCUT2D eigenvalue weighted by atomic mass is 10.1. The average molecular weight is 393 g/mol. The summed E-state index contributed by atoms with van der Waals surface area (Å²) in [4.78, 5) is 27.0. The van der Waals surface area contributed by atoms with Gasteiger partial charge in [0.25, 0.3) is 0 Å². The first-order valence-electron chi connectivity index (χ1n) is 7.48. The van der Waals surface area contributed by atoms with E-state index in [4.69, 9.17) is 5.73 Å². The number of aryl methyl sites for hydroxylation is 1. The predicted octanol–water partition coefficient (Wildman–Crippen LogP) is 3.27. The van der Waals surface area contributed by atoms with Gasteiger partial charge in [0.2, 0.25) is 5.91 Å². The molecule has 3 N–H and O–H groups in total. The SMILES string of the molecule is Cc1[nH]c2ccccc2c1C(=O)C(C)Sc1nnc(SCC(N)=O)s1. The number of thioether (sulfide) groups is 2. The van der Waals surface area contributed by atoms with Crippen LogP contribution in [0.4, 0.5) is 0 Å². The molecule has 1 aromatic carbocycles. The number of rotatable bonds is 7. The molecule has 0 spiro atoms. The highest BCUT2D eigenvalue weighted by Crippen LogP contribution is 2.33. The van der Waals surface area contributed by atoms with Gasteiger partial charge in [-0.05, 0) is 19.9 Å². The van der Waals surface area contributed by atoms with Crippen LogP contribution in [0.5, 0.6) is 0 Å². The van der Waals surface area contributed by atoms with Gasteiger partial charge < -0.3 is 10.7 Å². The molecule has 0 radical (unpaired) electrons. The summed E-state index contributed by atoms with van der Waals surface area (Å²) in [6, 6.07) is 7.78. The minimum Gasteiger partial charge on any atom is -0.369 e. The van der Waals surface area contributed by atoms with E-state index in [0.29, 0.717) is 8.68 Å². The third-order valence-corrected chi connectivity index (χ3v) is 6.78. The first-order valence-corrected chi connectivity index (χ1v) is 10.2.